The second kappa shape index (κ2) is 7.77. The number of hydrogen-bond acceptors (Lipinski definition) is 5. The van der Waals surface area contributed by atoms with Crippen molar-refractivity contribution >= 4 is 11.9 Å². The summed E-state index contributed by atoms with van der Waals surface area (Å²) in [5.41, 5.74) is 1.67. The Balaban J connectivity index is 1.95. The van der Waals surface area contributed by atoms with Crippen LogP contribution >= 0.6 is 0 Å². The Kier molecular flexibility index (Phi) is 5.99. The summed E-state index contributed by atoms with van der Waals surface area (Å²) in [6.45, 7) is 9.45. The number of fused-ring (bicyclic) bond motifs is 1. The fraction of sp³-hybridized carbons (Fsp3) is 0.667. The van der Waals surface area contributed by atoms with Crippen LogP contribution in [0.5, 0.6) is 0 Å². The van der Waals surface area contributed by atoms with E-state index in [9.17, 15) is 9.59 Å². The van der Waals surface area contributed by atoms with Gasteiger partial charge in [-0.25, -0.2) is 4.79 Å². The molecular weight excluding hydrogens is 294 g/mol. The SMILES string of the molecule is C/C=C(/C)C(=O)O[C@H]1CCN2CC=C(COC(=O)C(C)CC)[C@H]12. The second-order valence-corrected chi connectivity index (χ2v) is 6.34. The van der Waals surface area contributed by atoms with E-state index in [-0.39, 0.29) is 30.0 Å². The lowest BCUT2D eigenvalue weighted by molar-refractivity contribution is -0.148. The van der Waals surface area contributed by atoms with E-state index in [1.807, 2.05) is 20.8 Å². The van der Waals surface area contributed by atoms with Gasteiger partial charge < -0.3 is 9.47 Å². The Morgan fingerprint density at radius 2 is 2.22 bits per heavy atom. The Morgan fingerprint density at radius 3 is 2.87 bits per heavy atom. The molecule has 0 spiro atoms. The van der Waals surface area contributed by atoms with E-state index in [4.69, 9.17) is 9.47 Å². The van der Waals surface area contributed by atoms with Crippen LogP contribution in [0.15, 0.2) is 23.3 Å². The Hall–Kier alpha value is -1.62. The third kappa shape index (κ3) is 4.02. The third-order valence-corrected chi connectivity index (χ3v) is 4.82. The summed E-state index contributed by atoms with van der Waals surface area (Å²) in [5.74, 6) is -0.506. The van der Waals surface area contributed by atoms with Gasteiger partial charge >= 0.3 is 11.9 Å². The zero-order chi connectivity index (χ0) is 17.0. The molecule has 3 atom stereocenters. The molecule has 0 amide bonds. The van der Waals surface area contributed by atoms with Crippen LogP contribution in [-0.2, 0) is 19.1 Å². The van der Waals surface area contributed by atoms with Gasteiger partial charge in [0.2, 0.25) is 0 Å². The molecule has 0 aromatic carbocycles. The molecule has 2 aliphatic heterocycles. The van der Waals surface area contributed by atoms with Crippen molar-refractivity contribution in [1.29, 1.82) is 0 Å². The Bertz CT molecular complexity index is 523. The summed E-state index contributed by atoms with van der Waals surface area (Å²) in [7, 11) is 0. The highest BCUT2D eigenvalue weighted by atomic mass is 16.5. The molecule has 0 radical (unpaired) electrons. The fourth-order valence-electron chi connectivity index (χ4n) is 2.94. The van der Waals surface area contributed by atoms with E-state index in [1.54, 1.807) is 13.0 Å². The average Bonchev–Trinajstić information content (AvgIpc) is 3.14. The predicted molar refractivity (Wildman–Crippen MR) is 87.8 cm³/mol. The van der Waals surface area contributed by atoms with Crippen molar-refractivity contribution in [2.45, 2.75) is 52.7 Å². The molecule has 0 aliphatic carbocycles. The van der Waals surface area contributed by atoms with Crippen LogP contribution in [0.4, 0.5) is 0 Å². The van der Waals surface area contributed by atoms with Crippen LogP contribution in [-0.4, -0.2) is 48.7 Å². The summed E-state index contributed by atoms with van der Waals surface area (Å²) in [4.78, 5) is 26.1. The molecule has 2 aliphatic rings. The van der Waals surface area contributed by atoms with Crippen LogP contribution in [0, 0.1) is 5.92 Å². The molecule has 23 heavy (non-hydrogen) atoms. The maximum absolute atomic E-state index is 12.0. The molecule has 0 saturated carbocycles. The molecule has 1 saturated heterocycles. The molecular formula is C18H27NO4. The highest BCUT2D eigenvalue weighted by Gasteiger charge is 2.42. The van der Waals surface area contributed by atoms with E-state index >= 15 is 0 Å². The van der Waals surface area contributed by atoms with E-state index < -0.39 is 0 Å². The minimum atomic E-state index is -0.262. The lowest BCUT2D eigenvalue weighted by Crippen LogP contribution is -2.36. The van der Waals surface area contributed by atoms with Gasteiger partial charge in [-0.3, -0.25) is 9.69 Å². The fourth-order valence-corrected chi connectivity index (χ4v) is 2.94. The smallest absolute Gasteiger partial charge is 0.333 e. The van der Waals surface area contributed by atoms with Gasteiger partial charge in [0.1, 0.15) is 12.7 Å². The first-order valence-electron chi connectivity index (χ1n) is 8.41. The monoisotopic (exact) mass is 321 g/mol. The van der Waals surface area contributed by atoms with Crippen molar-refractivity contribution in [2.75, 3.05) is 19.7 Å². The van der Waals surface area contributed by atoms with Gasteiger partial charge in [0.05, 0.1) is 12.0 Å². The lowest BCUT2D eigenvalue weighted by atomic mass is 10.0. The first kappa shape index (κ1) is 17.7. The van der Waals surface area contributed by atoms with E-state index in [0.29, 0.717) is 12.2 Å². The molecule has 0 N–H and O–H groups in total. The van der Waals surface area contributed by atoms with Gasteiger partial charge in [-0.1, -0.05) is 26.0 Å². The van der Waals surface area contributed by atoms with Gasteiger partial charge in [0, 0.05) is 18.7 Å². The van der Waals surface area contributed by atoms with Gasteiger partial charge in [-0.15, -0.1) is 0 Å². The maximum Gasteiger partial charge on any atom is 0.333 e. The molecule has 1 unspecified atom stereocenters. The summed E-state index contributed by atoms with van der Waals surface area (Å²) >= 11 is 0. The largest absolute Gasteiger partial charge is 0.461 e. The maximum atomic E-state index is 12.0. The van der Waals surface area contributed by atoms with Gasteiger partial charge in [-0.2, -0.15) is 0 Å². The van der Waals surface area contributed by atoms with E-state index in [2.05, 4.69) is 11.0 Å². The number of carbonyl (C=O) groups is 2. The summed E-state index contributed by atoms with van der Waals surface area (Å²) < 4.78 is 11.1. The summed E-state index contributed by atoms with van der Waals surface area (Å²) in [6, 6.07) is 0.0494. The van der Waals surface area contributed by atoms with Crippen LogP contribution in [0.3, 0.4) is 0 Å². The van der Waals surface area contributed by atoms with Crippen LogP contribution in [0.1, 0.15) is 40.5 Å². The number of ether oxygens (including phenoxy) is 2. The van der Waals surface area contributed by atoms with Crippen molar-refractivity contribution in [3.8, 4) is 0 Å². The van der Waals surface area contributed by atoms with Crippen molar-refractivity contribution in [1.82, 2.24) is 4.90 Å². The van der Waals surface area contributed by atoms with Crippen molar-refractivity contribution in [3.63, 3.8) is 0 Å². The molecule has 2 heterocycles. The Morgan fingerprint density at radius 1 is 1.48 bits per heavy atom. The van der Waals surface area contributed by atoms with E-state index in [1.165, 1.54) is 0 Å². The number of nitrogens with zero attached hydrogens (tertiary/aromatic N) is 1. The zero-order valence-corrected chi connectivity index (χ0v) is 14.5. The molecule has 0 bridgehead atoms. The van der Waals surface area contributed by atoms with Gasteiger partial charge in [0.25, 0.3) is 0 Å². The number of esters is 2. The van der Waals surface area contributed by atoms with Crippen molar-refractivity contribution in [3.05, 3.63) is 23.3 Å². The normalized spacial score (nSPS) is 25.7. The van der Waals surface area contributed by atoms with Gasteiger partial charge in [0.15, 0.2) is 0 Å². The highest BCUT2D eigenvalue weighted by Crippen LogP contribution is 2.31. The highest BCUT2D eigenvalue weighted by molar-refractivity contribution is 5.87. The first-order chi connectivity index (χ1) is 11.0. The molecule has 0 aromatic heterocycles. The topological polar surface area (TPSA) is 55.8 Å². The molecule has 128 valence electrons. The summed E-state index contributed by atoms with van der Waals surface area (Å²) in [5, 5.41) is 0. The van der Waals surface area contributed by atoms with Crippen molar-refractivity contribution < 1.29 is 19.1 Å². The zero-order valence-electron chi connectivity index (χ0n) is 14.5. The second-order valence-electron chi connectivity index (χ2n) is 6.34. The van der Waals surface area contributed by atoms with Gasteiger partial charge in [-0.05, 0) is 32.3 Å². The minimum Gasteiger partial charge on any atom is -0.461 e. The number of allylic oxidation sites excluding steroid dienone is 1. The quantitative estimate of drug-likeness (QED) is 0.427. The van der Waals surface area contributed by atoms with Crippen LogP contribution in [0.25, 0.3) is 0 Å². The number of rotatable bonds is 6. The average molecular weight is 321 g/mol. The molecule has 5 nitrogen and oxygen atoms in total. The predicted octanol–water partition coefficient (Wildman–Crippen LogP) is 2.47. The molecule has 5 heteroatoms. The number of carbonyl (C=O) groups excluding carboxylic acids is 2. The number of hydrogen-bond donors (Lipinski definition) is 0. The Labute approximate surface area is 138 Å². The minimum absolute atomic E-state index is 0.0494. The van der Waals surface area contributed by atoms with Crippen LogP contribution in [0.2, 0.25) is 0 Å². The standard InChI is InChI=1S/C18H27NO4/c1-5-12(3)17(20)22-11-14-7-9-19-10-8-15(16(14)19)23-18(21)13(4)6-2/h6-7,12,15-16H,5,8-11H2,1-4H3/b13-6-/t12?,15-,16+/m0/s1. The summed E-state index contributed by atoms with van der Waals surface area (Å²) in [6.07, 6.45) is 5.29. The van der Waals surface area contributed by atoms with E-state index in [0.717, 1.165) is 31.5 Å². The first-order valence-corrected chi connectivity index (χ1v) is 8.41. The molecule has 0 aromatic rings. The molecule has 2 rings (SSSR count). The molecule has 1 fully saturated rings. The van der Waals surface area contributed by atoms with Crippen LogP contribution < -0.4 is 0 Å². The third-order valence-electron chi connectivity index (χ3n) is 4.82. The van der Waals surface area contributed by atoms with Crippen molar-refractivity contribution in [2.24, 2.45) is 5.92 Å². The lowest BCUT2D eigenvalue weighted by Gasteiger charge is -2.24.